The fourth-order valence-electron chi connectivity index (χ4n) is 0.601. The van der Waals surface area contributed by atoms with Gasteiger partial charge >= 0.3 is 9.08 Å². The first-order valence-corrected chi connectivity index (χ1v) is 4.00. The van der Waals surface area contributed by atoms with E-state index in [-0.39, 0.29) is 0 Å². The molecule has 1 saturated carbocycles. The molecule has 0 bridgehead atoms. The van der Waals surface area contributed by atoms with Crippen molar-refractivity contribution >= 4 is 9.08 Å². The van der Waals surface area contributed by atoms with E-state index in [1.165, 1.54) is 0 Å². The monoisotopic (exact) mass is 162 g/mol. The van der Waals surface area contributed by atoms with Crippen LogP contribution in [-0.2, 0) is 0 Å². The smallest absolute Gasteiger partial charge is 0.244 e. The van der Waals surface area contributed by atoms with Gasteiger partial charge in [0.1, 0.15) is 17.9 Å². The fraction of sp³-hybridized carbons (Fsp3) is 1.00. The third kappa shape index (κ3) is 1.08. The van der Waals surface area contributed by atoms with Gasteiger partial charge in [0.2, 0.25) is 0 Å². The minimum Gasteiger partial charge on any atom is -0.244 e. The highest BCUT2D eigenvalue weighted by Crippen LogP contribution is 2.52. The number of hydrogen-bond acceptors (Lipinski definition) is 0. The molecule has 0 aromatic rings. The van der Waals surface area contributed by atoms with Crippen molar-refractivity contribution < 1.29 is 21.1 Å². The highest BCUT2D eigenvalue weighted by atomic mass is 28.5. The third-order valence-electron chi connectivity index (χ3n) is 1.23. The molecule has 0 saturated heterocycles. The van der Waals surface area contributed by atoms with Crippen molar-refractivity contribution in [1.29, 1.82) is 0 Å². The molecule has 2 unspecified atom stereocenters. The van der Waals surface area contributed by atoms with E-state index in [4.69, 9.17) is 0 Å². The van der Waals surface area contributed by atoms with E-state index in [1.54, 1.807) is 0 Å². The molecule has 1 rings (SSSR count). The molecule has 1 aliphatic rings. The van der Waals surface area contributed by atoms with E-state index in [0.717, 1.165) is 0 Å². The average Bonchev–Trinajstić information content (AvgIpc) is 2.11. The fourth-order valence-corrected chi connectivity index (χ4v) is 1.58. The number of alkyl halides is 2. The largest absolute Gasteiger partial charge is 0.625 e. The molecule has 0 nitrogen and oxygen atoms in total. The van der Waals surface area contributed by atoms with Crippen molar-refractivity contribution in [2.45, 2.75) is 17.9 Å². The Bertz CT molecular complexity index is 112. The van der Waals surface area contributed by atoms with Crippen LogP contribution in [0.25, 0.3) is 0 Å². The number of halogens is 5. The molecule has 9 heavy (non-hydrogen) atoms. The maximum atomic E-state index is 11.6. The van der Waals surface area contributed by atoms with Crippen LogP contribution in [-0.4, -0.2) is 21.4 Å². The number of hydrogen-bond donors (Lipinski definition) is 0. The molecule has 54 valence electrons. The molecule has 0 aromatic heterocycles. The van der Waals surface area contributed by atoms with Crippen LogP contribution in [0.2, 0.25) is 5.54 Å². The van der Waals surface area contributed by atoms with Gasteiger partial charge in [0, 0.05) is 0 Å². The summed E-state index contributed by atoms with van der Waals surface area (Å²) in [7, 11) is -6.00. The van der Waals surface area contributed by atoms with Crippen LogP contribution in [0.4, 0.5) is 21.1 Å². The Hall–Kier alpha value is -0.133. The Morgan fingerprint density at radius 1 is 0.889 bits per heavy atom. The third-order valence-corrected chi connectivity index (χ3v) is 2.62. The molecule has 2 atom stereocenters. The topological polar surface area (TPSA) is 0 Å². The summed E-state index contributed by atoms with van der Waals surface area (Å²) in [5.74, 6) is 0. The van der Waals surface area contributed by atoms with E-state index in [9.17, 15) is 21.1 Å². The first kappa shape index (κ1) is 6.98. The minimum atomic E-state index is -6.00. The predicted molar refractivity (Wildman–Crippen MR) is 22.6 cm³/mol. The molecule has 0 N–H and O–H groups in total. The zero-order valence-electron chi connectivity index (χ0n) is 4.12. The highest BCUT2D eigenvalue weighted by Gasteiger charge is 2.70. The summed E-state index contributed by atoms with van der Waals surface area (Å²) in [6, 6.07) is 0. The second-order valence-corrected chi connectivity index (χ2v) is 3.71. The second kappa shape index (κ2) is 1.68. The Morgan fingerprint density at radius 2 is 1.22 bits per heavy atom. The first-order chi connectivity index (χ1) is 3.94. The van der Waals surface area contributed by atoms with Crippen molar-refractivity contribution in [3.05, 3.63) is 0 Å². The van der Waals surface area contributed by atoms with Gasteiger partial charge in [0.15, 0.2) is 0 Å². The van der Waals surface area contributed by atoms with Crippen molar-refractivity contribution in [2.75, 3.05) is 0 Å². The first-order valence-electron chi connectivity index (χ1n) is 2.29. The van der Waals surface area contributed by atoms with Gasteiger partial charge in [-0.15, -0.1) is 0 Å². The molecular formula is C3H3F5Si. The Labute approximate surface area is 49.2 Å². The molecular weight excluding hydrogens is 159 g/mol. The lowest BCUT2D eigenvalue weighted by atomic mass is 10.9. The Balaban J connectivity index is 2.50. The second-order valence-electron chi connectivity index (χ2n) is 1.96. The normalized spacial score (nSPS) is 43.0. The van der Waals surface area contributed by atoms with E-state index in [1.807, 2.05) is 0 Å². The maximum Gasteiger partial charge on any atom is 0.625 e. The molecule has 1 aliphatic carbocycles. The molecule has 6 heteroatoms. The van der Waals surface area contributed by atoms with Gasteiger partial charge < -0.3 is 0 Å². The van der Waals surface area contributed by atoms with Gasteiger partial charge in [-0.25, -0.2) is 21.1 Å². The van der Waals surface area contributed by atoms with Crippen LogP contribution < -0.4 is 0 Å². The van der Waals surface area contributed by atoms with Crippen LogP contribution in [0, 0.1) is 0 Å². The molecule has 0 heterocycles. The lowest BCUT2D eigenvalue weighted by molar-refractivity contribution is 0.372. The van der Waals surface area contributed by atoms with E-state index in [0.29, 0.717) is 0 Å². The van der Waals surface area contributed by atoms with E-state index < -0.39 is 27.0 Å². The number of rotatable bonds is 1. The van der Waals surface area contributed by atoms with E-state index in [2.05, 4.69) is 0 Å². The van der Waals surface area contributed by atoms with Gasteiger partial charge in [-0.05, 0) is 0 Å². The summed E-state index contributed by atoms with van der Waals surface area (Å²) < 4.78 is 57.4. The Morgan fingerprint density at radius 3 is 1.22 bits per heavy atom. The van der Waals surface area contributed by atoms with Crippen molar-refractivity contribution in [2.24, 2.45) is 0 Å². The standard InChI is InChI=1S/C3H3F5Si/c4-1-2(5)3(1)9(6,7)8/h1-3H. The summed E-state index contributed by atoms with van der Waals surface area (Å²) >= 11 is 0. The molecule has 0 spiro atoms. The van der Waals surface area contributed by atoms with Gasteiger partial charge in [-0.1, -0.05) is 0 Å². The van der Waals surface area contributed by atoms with Crippen LogP contribution in [0.3, 0.4) is 0 Å². The predicted octanol–water partition coefficient (Wildman–Crippen LogP) is 1.89. The van der Waals surface area contributed by atoms with Crippen LogP contribution >= 0.6 is 0 Å². The SMILES string of the molecule is FC1C(F)C1[Si](F)(F)F. The summed E-state index contributed by atoms with van der Waals surface area (Å²) in [6.45, 7) is 0. The summed E-state index contributed by atoms with van der Waals surface area (Å²) in [5, 5.41) is 0. The molecule has 0 aromatic carbocycles. The van der Waals surface area contributed by atoms with Gasteiger partial charge in [0.05, 0.1) is 0 Å². The summed E-state index contributed by atoms with van der Waals surface area (Å²) in [4.78, 5) is 0. The lowest BCUT2D eigenvalue weighted by Crippen LogP contribution is -2.16. The summed E-state index contributed by atoms with van der Waals surface area (Å²) in [6.07, 6.45) is -4.51. The van der Waals surface area contributed by atoms with Crippen LogP contribution in [0.15, 0.2) is 0 Å². The van der Waals surface area contributed by atoms with Gasteiger partial charge in [-0.2, -0.15) is 0 Å². The zero-order valence-corrected chi connectivity index (χ0v) is 5.12. The Kier molecular flexibility index (Phi) is 1.30. The van der Waals surface area contributed by atoms with Gasteiger partial charge in [-0.3, -0.25) is 0 Å². The molecule has 0 radical (unpaired) electrons. The average molecular weight is 162 g/mol. The van der Waals surface area contributed by atoms with Gasteiger partial charge in [0.25, 0.3) is 0 Å². The van der Waals surface area contributed by atoms with Crippen LogP contribution in [0.1, 0.15) is 0 Å². The summed E-state index contributed by atoms with van der Waals surface area (Å²) in [5.41, 5.74) is -2.21. The van der Waals surface area contributed by atoms with Crippen molar-refractivity contribution in [1.82, 2.24) is 0 Å². The molecule has 0 amide bonds. The zero-order chi connectivity index (χ0) is 7.23. The quantitative estimate of drug-likeness (QED) is 0.314. The molecule has 0 aliphatic heterocycles. The lowest BCUT2D eigenvalue weighted by Gasteiger charge is -1.94. The van der Waals surface area contributed by atoms with Crippen molar-refractivity contribution in [3.63, 3.8) is 0 Å². The maximum absolute atomic E-state index is 11.6. The highest BCUT2D eigenvalue weighted by molar-refractivity contribution is 6.61. The van der Waals surface area contributed by atoms with Crippen molar-refractivity contribution in [3.8, 4) is 0 Å². The van der Waals surface area contributed by atoms with Crippen LogP contribution in [0.5, 0.6) is 0 Å². The molecule has 1 fully saturated rings. The van der Waals surface area contributed by atoms with E-state index >= 15 is 0 Å². The minimum absolute atomic E-state index is 2.21.